The highest BCUT2D eigenvalue weighted by Crippen LogP contribution is 2.45. The lowest BCUT2D eigenvalue weighted by Crippen LogP contribution is -2.29. The predicted octanol–water partition coefficient (Wildman–Crippen LogP) is 8.14. The summed E-state index contributed by atoms with van der Waals surface area (Å²) in [5.41, 5.74) is 2.80. The zero-order chi connectivity index (χ0) is 32.5. The van der Waals surface area contributed by atoms with Gasteiger partial charge in [0.2, 0.25) is 5.13 Å². The molecule has 236 valence electrons. The van der Waals surface area contributed by atoms with Crippen LogP contribution in [0.25, 0.3) is 11.4 Å². The van der Waals surface area contributed by atoms with Gasteiger partial charge in [-0.3, -0.25) is 18.9 Å². The zero-order valence-electron chi connectivity index (χ0n) is 25.1. The third kappa shape index (κ3) is 6.37. The monoisotopic (exact) mass is 693 g/mol. The molecule has 13 heteroatoms. The van der Waals surface area contributed by atoms with Crippen molar-refractivity contribution in [3.8, 4) is 5.75 Å². The van der Waals surface area contributed by atoms with Gasteiger partial charge in [0, 0.05) is 22.0 Å². The van der Waals surface area contributed by atoms with E-state index in [4.69, 9.17) is 27.9 Å². The average Bonchev–Trinajstić information content (AvgIpc) is 3.70. The third-order valence-corrected chi connectivity index (χ3v) is 10.2. The molecule has 1 aliphatic heterocycles. The number of carbonyl (C=O) groups is 2. The van der Waals surface area contributed by atoms with E-state index in [-0.39, 0.29) is 16.5 Å². The van der Waals surface area contributed by atoms with Crippen molar-refractivity contribution < 1.29 is 19.4 Å². The minimum atomic E-state index is -1.00. The van der Waals surface area contributed by atoms with Gasteiger partial charge in [-0.15, -0.1) is 10.2 Å². The smallest absolute Gasteiger partial charge is 0.301 e. The number of pyridine rings is 1. The van der Waals surface area contributed by atoms with Gasteiger partial charge in [-0.05, 0) is 66.8 Å². The van der Waals surface area contributed by atoms with Crippen molar-refractivity contribution >= 4 is 74.5 Å². The highest BCUT2D eigenvalue weighted by atomic mass is 35.5. The Bertz CT molecular complexity index is 1990. The molecular formula is C33H29Cl2N5O4S2. The van der Waals surface area contributed by atoms with Crippen LogP contribution in [0.4, 0.5) is 5.13 Å². The molecule has 1 aliphatic rings. The van der Waals surface area contributed by atoms with Crippen LogP contribution in [-0.4, -0.2) is 43.0 Å². The van der Waals surface area contributed by atoms with Gasteiger partial charge in [-0.1, -0.05) is 84.4 Å². The number of imidazole rings is 1. The summed E-state index contributed by atoms with van der Waals surface area (Å²) in [6.45, 7) is 6.50. The molecule has 1 fully saturated rings. The number of hydrogen-bond acceptors (Lipinski definition) is 9. The van der Waals surface area contributed by atoms with E-state index in [9.17, 15) is 14.7 Å². The van der Waals surface area contributed by atoms with Crippen LogP contribution in [-0.2, 0) is 15.3 Å². The number of benzene rings is 2. The van der Waals surface area contributed by atoms with Crippen LogP contribution in [0.1, 0.15) is 48.8 Å². The number of aryl methyl sites for hydroxylation is 1. The van der Waals surface area contributed by atoms with E-state index in [0.717, 1.165) is 12.0 Å². The minimum absolute atomic E-state index is 0.0737. The summed E-state index contributed by atoms with van der Waals surface area (Å²) in [5.74, 6) is -0.443. The molecule has 1 unspecified atom stereocenters. The van der Waals surface area contributed by atoms with Gasteiger partial charge in [0.05, 0.1) is 23.9 Å². The lowest BCUT2D eigenvalue weighted by molar-refractivity contribution is -0.132. The van der Waals surface area contributed by atoms with Crippen LogP contribution in [0.15, 0.2) is 76.8 Å². The minimum Gasteiger partial charge on any atom is -0.505 e. The van der Waals surface area contributed by atoms with Crippen molar-refractivity contribution in [1.29, 1.82) is 0 Å². The Kier molecular flexibility index (Phi) is 9.37. The zero-order valence-corrected chi connectivity index (χ0v) is 28.3. The fourth-order valence-electron chi connectivity index (χ4n) is 5.19. The molecule has 0 bridgehead atoms. The first-order valence-corrected chi connectivity index (χ1v) is 17.1. The molecule has 1 atom stereocenters. The average molecular weight is 695 g/mol. The van der Waals surface area contributed by atoms with Gasteiger partial charge < -0.3 is 9.84 Å². The number of ketones is 1. The van der Waals surface area contributed by atoms with E-state index in [0.29, 0.717) is 61.0 Å². The molecule has 9 nitrogen and oxygen atoms in total. The Balaban J connectivity index is 1.42. The van der Waals surface area contributed by atoms with Gasteiger partial charge >= 0.3 is 5.91 Å². The van der Waals surface area contributed by atoms with Crippen LogP contribution in [0.2, 0.25) is 10.0 Å². The van der Waals surface area contributed by atoms with Crippen LogP contribution >= 0.6 is 46.3 Å². The molecule has 6 rings (SSSR count). The number of amides is 1. The van der Waals surface area contributed by atoms with Crippen LogP contribution < -0.4 is 9.64 Å². The molecule has 3 aromatic heterocycles. The molecule has 0 radical (unpaired) electrons. The largest absolute Gasteiger partial charge is 0.505 e. The number of aromatic nitrogens is 4. The number of Topliss-reactive ketones (excluding diaryl/α,β-unsaturated/α-hetero) is 1. The Morgan fingerprint density at radius 1 is 1.09 bits per heavy atom. The van der Waals surface area contributed by atoms with E-state index in [1.54, 1.807) is 60.0 Å². The van der Waals surface area contributed by atoms with Gasteiger partial charge in [-0.25, -0.2) is 4.98 Å². The summed E-state index contributed by atoms with van der Waals surface area (Å²) >= 11 is 15.0. The molecule has 1 N–H and O–H groups in total. The Morgan fingerprint density at radius 3 is 2.70 bits per heavy atom. The second-order valence-corrected chi connectivity index (χ2v) is 14.1. The number of thioether (sulfide) groups is 1. The second kappa shape index (κ2) is 13.4. The van der Waals surface area contributed by atoms with E-state index in [2.05, 4.69) is 29.0 Å². The predicted molar refractivity (Wildman–Crippen MR) is 182 cm³/mol. The molecule has 0 aliphatic carbocycles. The van der Waals surface area contributed by atoms with Crippen LogP contribution in [0.5, 0.6) is 5.75 Å². The number of ether oxygens (including phenoxy) is 1. The Morgan fingerprint density at radius 2 is 1.91 bits per heavy atom. The SMILES string of the molecule is Cc1nc2ccccn2c1/C(O)=C1\C(=O)C(=O)N(c2nnc(SCc3ccc(Cl)cc3Cl)s2)C1c1cccc(OCCC(C)C)c1. The van der Waals surface area contributed by atoms with Gasteiger partial charge in [-0.2, -0.15) is 0 Å². The van der Waals surface area contributed by atoms with E-state index >= 15 is 0 Å². The second-order valence-electron chi connectivity index (χ2n) is 11.1. The molecule has 46 heavy (non-hydrogen) atoms. The van der Waals surface area contributed by atoms with E-state index in [1.807, 2.05) is 18.2 Å². The highest BCUT2D eigenvalue weighted by Gasteiger charge is 2.49. The van der Waals surface area contributed by atoms with Crippen molar-refractivity contribution in [2.24, 2.45) is 5.92 Å². The number of aliphatic hydroxyl groups is 1. The molecule has 0 spiro atoms. The first-order valence-electron chi connectivity index (χ1n) is 14.5. The van der Waals surface area contributed by atoms with Crippen molar-refractivity contribution in [3.63, 3.8) is 0 Å². The number of rotatable bonds is 10. The standard InChI is InChI=1S/C33H29Cl2N5O4S2/c1-18(2)12-14-44-23-8-6-7-20(15-23)28-26(29(41)27-19(3)36-25-9-4-5-13-39(25)27)30(42)31(43)40(28)32-37-38-33(46-32)45-17-21-10-11-22(34)16-24(21)35/h4-11,13,15-16,18,28,41H,12,14,17H2,1-3H3/b29-26+. The van der Waals surface area contributed by atoms with Gasteiger partial charge in [0.25, 0.3) is 5.78 Å². The third-order valence-electron chi connectivity index (χ3n) is 7.48. The van der Waals surface area contributed by atoms with Crippen molar-refractivity contribution in [2.75, 3.05) is 11.5 Å². The number of nitrogens with zero attached hydrogens (tertiary/aromatic N) is 5. The summed E-state index contributed by atoms with van der Waals surface area (Å²) in [5, 5.41) is 21.7. The van der Waals surface area contributed by atoms with Crippen molar-refractivity contribution in [2.45, 2.75) is 43.3 Å². The lowest BCUT2D eigenvalue weighted by Gasteiger charge is -2.23. The summed E-state index contributed by atoms with van der Waals surface area (Å²) in [6.07, 6.45) is 2.61. The Hall–Kier alpha value is -3.90. The van der Waals surface area contributed by atoms with E-state index in [1.165, 1.54) is 28.0 Å². The summed E-state index contributed by atoms with van der Waals surface area (Å²) < 4.78 is 8.29. The topological polar surface area (TPSA) is 110 Å². The maximum atomic E-state index is 13.8. The first kappa shape index (κ1) is 32.1. The molecule has 0 saturated carbocycles. The molecular weight excluding hydrogens is 665 g/mol. The quantitative estimate of drug-likeness (QED) is 0.0513. The molecule has 1 saturated heterocycles. The molecule has 1 amide bonds. The Labute approximate surface area is 283 Å². The molecule has 2 aromatic carbocycles. The normalized spacial score (nSPS) is 16.2. The van der Waals surface area contributed by atoms with E-state index < -0.39 is 17.7 Å². The van der Waals surface area contributed by atoms with Crippen LogP contribution in [0.3, 0.4) is 0 Å². The maximum absolute atomic E-state index is 13.8. The number of aliphatic hydroxyl groups excluding tert-OH is 1. The lowest BCUT2D eigenvalue weighted by atomic mass is 9.96. The van der Waals surface area contributed by atoms with Crippen LogP contribution in [0, 0.1) is 12.8 Å². The number of anilines is 1. The number of fused-ring (bicyclic) bond motifs is 1. The molecule has 5 aromatic rings. The summed E-state index contributed by atoms with van der Waals surface area (Å²) in [7, 11) is 0. The molecule has 4 heterocycles. The highest BCUT2D eigenvalue weighted by molar-refractivity contribution is 8.00. The number of halogens is 2. The first-order chi connectivity index (χ1) is 22.1. The summed E-state index contributed by atoms with van der Waals surface area (Å²) in [6, 6.07) is 16.9. The van der Waals surface area contributed by atoms with Crippen molar-refractivity contribution in [3.05, 3.63) is 105 Å². The number of carbonyl (C=O) groups excluding carboxylic acids is 2. The van der Waals surface area contributed by atoms with Gasteiger partial charge in [0.15, 0.2) is 10.1 Å². The van der Waals surface area contributed by atoms with Crippen molar-refractivity contribution in [1.82, 2.24) is 19.6 Å². The fourth-order valence-corrected chi connectivity index (χ4v) is 7.62. The van der Waals surface area contributed by atoms with Gasteiger partial charge in [0.1, 0.15) is 17.1 Å². The number of hydrogen-bond donors (Lipinski definition) is 1. The summed E-state index contributed by atoms with van der Waals surface area (Å²) in [4.78, 5) is 33.5. The fraction of sp³-hybridized carbons (Fsp3) is 0.242. The maximum Gasteiger partial charge on any atom is 0.301 e.